The van der Waals surface area contributed by atoms with Gasteiger partial charge in [-0.2, -0.15) is 0 Å². The zero-order chi connectivity index (χ0) is 12.4. The molecule has 0 aromatic carbocycles. The third-order valence-electron chi connectivity index (χ3n) is 6.30. The highest BCUT2D eigenvalue weighted by Crippen LogP contribution is 2.69. The maximum atomic E-state index is 12.6. The molecule has 6 atom stereocenters. The van der Waals surface area contributed by atoms with Crippen LogP contribution in [0.1, 0.15) is 32.6 Å². The number of fused-ring (bicyclic) bond motifs is 5. The van der Waals surface area contributed by atoms with E-state index in [4.69, 9.17) is 5.73 Å². The Morgan fingerprint density at radius 1 is 1.16 bits per heavy atom. The number of piperidine rings is 1. The van der Waals surface area contributed by atoms with E-state index in [0.29, 0.717) is 23.8 Å². The zero-order valence-electron chi connectivity index (χ0n) is 11.6. The molecule has 19 heavy (non-hydrogen) atoms. The van der Waals surface area contributed by atoms with Crippen LogP contribution in [0.2, 0.25) is 0 Å². The van der Waals surface area contributed by atoms with Crippen LogP contribution < -0.4 is 5.73 Å². The van der Waals surface area contributed by atoms with Crippen molar-refractivity contribution in [3.8, 4) is 0 Å². The van der Waals surface area contributed by atoms with Crippen molar-refractivity contribution in [1.82, 2.24) is 4.90 Å². The van der Waals surface area contributed by atoms with Crippen molar-refractivity contribution in [2.24, 2.45) is 41.2 Å². The van der Waals surface area contributed by atoms with Crippen LogP contribution in [-0.2, 0) is 4.79 Å². The van der Waals surface area contributed by atoms with Gasteiger partial charge < -0.3 is 10.6 Å². The molecule has 4 aliphatic rings. The van der Waals surface area contributed by atoms with E-state index in [1.165, 1.54) is 19.3 Å². The minimum atomic E-state index is 0. The van der Waals surface area contributed by atoms with Crippen LogP contribution >= 0.6 is 12.4 Å². The SMILES string of the molecule is CC1CN(C(=O)C2C3C4CCC(C4)C23)CCC1N.Cl. The second kappa shape index (κ2) is 4.63. The molecule has 6 unspecified atom stereocenters. The van der Waals surface area contributed by atoms with E-state index in [9.17, 15) is 4.79 Å². The molecule has 4 rings (SSSR count). The van der Waals surface area contributed by atoms with Crippen molar-refractivity contribution in [1.29, 1.82) is 0 Å². The van der Waals surface area contributed by atoms with Crippen LogP contribution in [-0.4, -0.2) is 29.9 Å². The first kappa shape index (κ1) is 13.7. The number of halogens is 1. The molecule has 108 valence electrons. The summed E-state index contributed by atoms with van der Waals surface area (Å²) in [6.45, 7) is 3.97. The van der Waals surface area contributed by atoms with Crippen molar-refractivity contribution >= 4 is 18.3 Å². The second-order valence-electron chi connectivity index (χ2n) is 7.23. The van der Waals surface area contributed by atoms with Crippen molar-refractivity contribution < 1.29 is 4.79 Å². The van der Waals surface area contributed by atoms with Crippen molar-refractivity contribution in [2.75, 3.05) is 13.1 Å². The maximum absolute atomic E-state index is 12.6. The largest absolute Gasteiger partial charge is 0.342 e. The van der Waals surface area contributed by atoms with Crippen molar-refractivity contribution in [2.45, 2.75) is 38.6 Å². The Balaban J connectivity index is 0.00000110. The van der Waals surface area contributed by atoms with Crippen LogP contribution in [0.15, 0.2) is 0 Å². The minimum absolute atomic E-state index is 0. The van der Waals surface area contributed by atoms with Gasteiger partial charge in [0.1, 0.15) is 0 Å². The predicted molar refractivity (Wildman–Crippen MR) is 76.9 cm³/mol. The number of amides is 1. The fraction of sp³-hybridized carbons (Fsp3) is 0.933. The quantitative estimate of drug-likeness (QED) is 0.799. The Labute approximate surface area is 121 Å². The highest BCUT2D eigenvalue weighted by molar-refractivity contribution is 5.85. The molecule has 1 aliphatic heterocycles. The summed E-state index contributed by atoms with van der Waals surface area (Å²) in [4.78, 5) is 14.8. The Bertz CT molecular complexity index is 372. The fourth-order valence-corrected chi connectivity index (χ4v) is 5.23. The van der Waals surface area contributed by atoms with Gasteiger partial charge >= 0.3 is 0 Å². The topological polar surface area (TPSA) is 46.3 Å². The van der Waals surface area contributed by atoms with E-state index >= 15 is 0 Å². The molecule has 3 saturated carbocycles. The smallest absolute Gasteiger partial charge is 0.226 e. The second-order valence-corrected chi connectivity index (χ2v) is 7.23. The Kier molecular flexibility index (Phi) is 3.33. The average molecular weight is 285 g/mol. The third kappa shape index (κ3) is 1.92. The Morgan fingerprint density at radius 2 is 1.79 bits per heavy atom. The zero-order valence-corrected chi connectivity index (χ0v) is 12.4. The van der Waals surface area contributed by atoms with E-state index in [2.05, 4.69) is 11.8 Å². The van der Waals surface area contributed by atoms with Gasteiger partial charge in [0.15, 0.2) is 0 Å². The van der Waals surface area contributed by atoms with Crippen molar-refractivity contribution in [3.05, 3.63) is 0 Å². The summed E-state index contributed by atoms with van der Waals surface area (Å²) in [7, 11) is 0. The van der Waals surface area contributed by atoms with Gasteiger partial charge in [-0.1, -0.05) is 6.92 Å². The van der Waals surface area contributed by atoms with E-state index in [-0.39, 0.29) is 12.4 Å². The molecule has 2 bridgehead atoms. The van der Waals surface area contributed by atoms with Gasteiger partial charge in [0.2, 0.25) is 5.91 Å². The molecule has 0 spiro atoms. The molecule has 0 aromatic rings. The summed E-state index contributed by atoms with van der Waals surface area (Å²) in [5.41, 5.74) is 6.04. The van der Waals surface area contributed by atoms with E-state index in [0.717, 1.165) is 43.2 Å². The van der Waals surface area contributed by atoms with Gasteiger partial charge in [-0.25, -0.2) is 0 Å². The summed E-state index contributed by atoms with van der Waals surface area (Å²) in [5.74, 6) is 4.72. The van der Waals surface area contributed by atoms with Gasteiger partial charge in [-0.15, -0.1) is 12.4 Å². The molecule has 1 saturated heterocycles. The lowest BCUT2D eigenvalue weighted by molar-refractivity contribution is -0.135. The lowest BCUT2D eigenvalue weighted by Gasteiger charge is -2.35. The predicted octanol–water partition coefficient (Wildman–Crippen LogP) is 1.90. The molecule has 3 aliphatic carbocycles. The number of hydrogen-bond donors (Lipinski definition) is 1. The molecule has 4 heteroatoms. The molecule has 4 fully saturated rings. The first-order valence-electron chi connectivity index (χ1n) is 7.71. The van der Waals surface area contributed by atoms with Crippen LogP contribution in [0.3, 0.4) is 0 Å². The van der Waals surface area contributed by atoms with Gasteiger partial charge in [-0.3, -0.25) is 4.79 Å². The normalized spacial score (nSPS) is 50.6. The number of nitrogens with zero attached hydrogens (tertiary/aromatic N) is 1. The van der Waals surface area contributed by atoms with Crippen LogP contribution in [0, 0.1) is 35.5 Å². The maximum Gasteiger partial charge on any atom is 0.226 e. The summed E-state index contributed by atoms with van der Waals surface area (Å²) < 4.78 is 0. The molecule has 0 radical (unpaired) electrons. The summed E-state index contributed by atoms with van der Waals surface area (Å²) in [6.07, 6.45) is 5.22. The molecular weight excluding hydrogens is 260 g/mol. The monoisotopic (exact) mass is 284 g/mol. The number of rotatable bonds is 1. The molecule has 0 aromatic heterocycles. The minimum Gasteiger partial charge on any atom is -0.342 e. The third-order valence-corrected chi connectivity index (χ3v) is 6.30. The van der Waals surface area contributed by atoms with Gasteiger partial charge in [-0.05, 0) is 55.3 Å². The molecule has 3 nitrogen and oxygen atoms in total. The lowest BCUT2D eigenvalue weighted by Crippen LogP contribution is -2.49. The molecule has 2 N–H and O–H groups in total. The number of hydrogen-bond acceptors (Lipinski definition) is 2. The summed E-state index contributed by atoms with van der Waals surface area (Å²) in [6, 6.07) is 0.295. The van der Waals surface area contributed by atoms with Gasteiger partial charge in [0, 0.05) is 25.0 Å². The Hall–Kier alpha value is -0.280. The highest BCUT2D eigenvalue weighted by atomic mass is 35.5. The highest BCUT2D eigenvalue weighted by Gasteiger charge is 2.68. The summed E-state index contributed by atoms with van der Waals surface area (Å²) >= 11 is 0. The van der Waals surface area contributed by atoms with E-state index < -0.39 is 0 Å². The first-order valence-corrected chi connectivity index (χ1v) is 7.71. The van der Waals surface area contributed by atoms with Crippen LogP contribution in [0.4, 0.5) is 0 Å². The number of nitrogens with two attached hydrogens (primary N) is 1. The first-order chi connectivity index (χ1) is 8.66. The van der Waals surface area contributed by atoms with E-state index in [1.54, 1.807) is 0 Å². The fourth-order valence-electron chi connectivity index (χ4n) is 5.23. The number of carbonyl (C=O) groups is 1. The van der Waals surface area contributed by atoms with Gasteiger partial charge in [0.05, 0.1) is 0 Å². The number of carbonyl (C=O) groups excluding carboxylic acids is 1. The van der Waals surface area contributed by atoms with Crippen LogP contribution in [0.5, 0.6) is 0 Å². The number of likely N-dealkylation sites (tertiary alicyclic amines) is 1. The standard InChI is InChI=1S/C15H24N2O.ClH/c1-8-7-17(5-4-11(8)16)15(18)14-12-9-2-3-10(6-9)13(12)14;/h8-14H,2-7,16H2,1H3;1H. The molecule has 1 amide bonds. The summed E-state index contributed by atoms with van der Waals surface area (Å²) in [5, 5.41) is 0. The molecular formula is C15H25ClN2O. The van der Waals surface area contributed by atoms with Crippen LogP contribution in [0.25, 0.3) is 0 Å². The van der Waals surface area contributed by atoms with Crippen molar-refractivity contribution in [3.63, 3.8) is 0 Å². The van der Waals surface area contributed by atoms with E-state index in [1.807, 2.05) is 0 Å². The van der Waals surface area contributed by atoms with Gasteiger partial charge in [0.25, 0.3) is 0 Å². The lowest BCUT2D eigenvalue weighted by atomic mass is 9.93. The molecule has 1 heterocycles. The Morgan fingerprint density at radius 3 is 2.37 bits per heavy atom. The average Bonchev–Trinajstić information content (AvgIpc) is 2.80.